The number of hydrogen-bond acceptors (Lipinski definition) is 8. The van der Waals surface area contributed by atoms with E-state index in [1.807, 2.05) is 37.0 Å². The minimum atomic E-state index is -0.389. The lowest BCUT2D eigenvalue weighted by Crippen LogP contribution is -2.25. The van der Waals surface area contributed by atoms with Gasteiger partial charge in [0.15, 0.2) is 17.5 Å². The first-order valence-corrected chi connectivity index (χ1v) is 50.5. The first kappa shape index (κ1) is 82.4. The van der Waals surface area contributed by atoms with Crippen molar-refractivity contribution in [3.63, 3.8) is 0 Å². The number of aromatic nitrogens is 6. The zero-order chi connectivity index (χ0) is 95.5. The third-order valence-electron chi connectivity index (χ3n) is 31.4. The number of fused-ring (bicyclic) bond motifs is 35. The van der Waals surface area contributed by atoms with Gasteiger partial charge >= 0.3 is 0 Å². The number of thiophene rings is 1. The minimum Gasteiger partial charge on any atom is -0.456 e. The summed E-state index contributed by atoms with van der Waals surface area (Å²) in [6, 6.07) is 172. The van der Waals surface area contributed by atoms with Gasteiger partial charge in [-0.05, 0) is 242 Å². The fourth-order valence-corrected chi connectivity index (χ4v) is 26.1. The number of hydrogen-bond donors (Lipinski definition) is 0. The Labute approximate surface area is 840 Å². The summed E-state index contributed by atoms with van der Waals surface area (Å²) in [6.07, 6.45) is 6.39. The second-order valence-corrected chi connectivity index (χ2v) is 40.5. The fourth-order valence-electron chi connectivity index (χ4n) is 25.1. The van der Waals surface area contributed by atoms with Gasteiger partial charge in [0, 0.05) is 123 Å². The highest BCUT2D eigenvalue weighted by atomic mass is 32.1. The van der Waals surface area contributed by atoms with Crippen LogP contribution in [0.2, 0.25) is 0 Å². The van der Waals surface area contributed by atoms with Crippen molar-refractivity contribution in [3.8, 4) is 66.8 Å². The molecule has 32 rings (SSSR count). The van der Waals surface area contributed by atoms with E-state index in [0.29, 0.717) is 0 Å². The lowest BCUT2D eigenvalue weighted by molar-refractivity contribution is 0.660. The molecule has 0 atom stereocenters. The van der Waals surface area contributed by atoms with E-state index in [4.69, 9.17) is 19.7 Å². The Kier molecular flexibility index (Phi) is 18.0. The summed E-state index contributed by atoms with van der Waals surface area (Å²) in [7, 11) is 0. The molecular formula is C134H87N9OS. The van der Waals surface area contributed by atoms with E-state index in [2.05, 4.69) is 508 Å². The third kappa shape index (κ3) is 12.4. The topological polar surface area (TPSA) is 74.8 Å². The van der Waals surface area contributed by atoms with E-state index in [0.717, 1.165) is 95.5 Å². The van der Waals surface area contributed by atoms with Crippen LogP contribution in [-0.2, 0) is 16.2 Å². The Morgan fingerprint density at radius 3 is 1.09 bits per heavy atom. The molecule has 27 aromatic rings. The summed E-state index contributed by atoms with van der Waals surface area (Å²) in [6.45, 7) is 4.66. The van der Waals surface area contributed by atoms with Crippen molar-refractivity contribution in [2.45, 2.75) is 30.1 Å². The lowest BCUT2D eigenvalue weighted by atomic mass is 9.70. The number of rotatable bonds is 10. The molecule has 8 aromatic heterocycles. The Hall–Kier alpha value is -18.6. The molecule has 8 heterocycles. The molecule has 0 aliphatic heterocycles. The lowest BCUT2D eigenvalue weighted by Gasteiger charge is -2.31. The SMILES string of the molecule is CC1(C)c2ccccc2-c2c(N(c3cccc(-c4ccccc4)c3)c3cc4cc5ccccc5cn4n3)cccc21.c1ccc2c(c1)-c1ccccc1C21c2ccccc2-c2cc(N(c3ccc4oc5ccccc5c4c3)c3cc4cc5ccccc5cn4n3)ccc21.c1ccc2c(c1)-c1ccccc1C21c2ccccc2-c2cc(N(c3ccc4sc5ccccc5c4c3)c3cc4cc5ccccc5cn4n3)ccc21. The maximum absolute atomic E-state index is 6.26. The number of pyridine rings is 3. The zero-order valence-corrected chi connectivity index (χ0v) is 79.9. The third-order valence-corrected chi connectivity index (χ3v) is 32.5. The molecule has 0 N–H and O–H groups in total. The average molecular weight is 1870 g/mol. The fraction of sp³-hybridized carbons (Fsp3) is 0.0373. The molecule has 0 unspecified atom stereocenters. The first-order chi connectivity index (χ1) is 71.6. The van der Waals surface area contributed by atoms with Crippen molar-refractivity contribution in [2.24, 2.45) is 0 Å². The monoisotopic (exact) mass is 1870 g/mol. The molecule has 10 nitrogen and oxygen atoms in total. The first-order valence-electron chi connectivity index (χ1n) is 49.7. The molecule has 2 spiro atoms. The van der Waals surface area contributed by atoms with E-state index >= 15 is 0 Å². The summed E-state index contributed by atoms with van der Waals surface area (Å²) in [4.78, 5) is 6.97. The van der Waals surface area contributed by atoms with Crippen LogP contribution < -0.4 is 14.7 Å². The number of anilines is 9. The normalized spacial score (nSPS) is 13.5. The Bertz CT molecular complexity index is 9440. The summed E-state index contributed by atoms with van der Waals surface area (Å²) in [5.41, 5.74) is 39.2. The number of benzene rings is 19. The molecule has 680 valence electrons. The molecule has 19 aromatic carbocycles. The van der Waals surface area contributed by atoms with Gasteiger partial charge in [0.2, 0.25) is 0 Å². The van der Waals surface area contributed by atoms with Gasteiger partial charge in [-0.3, -0.25) is 14.7 Å². The van der Waals surface area contributed by atoms with Gasteiger partial charge in [0.25, 0.3) is 0 Å². The van der Waals surface area contributed by atoms with Crippen molar-refractivity contribution >= 4 is 154 Å². The highest BCUT2D eigenvalue weighted by molar-refractivity contribution is 7.25. The van der Waals surface area contributed by atoms with Gasteiger partial charge in [-0.15, -0.1) is 26.6 Å². The van der Waals surface area contributed by atoms with Gasteiger partial charge in [-0.25, -0.2) is 13.5 Å². The molecule has 0 saturated heterocycles. The Balaban J connectivity index is 0.000000102. The largest absolute Gasteiger partial charge is 0.456 e. The van der Waals surface area contributed by atoms with E-state index in [9.17, 15) is 0 Å². The smallest absolute Gasteiger partial charge is 0.160 e. The summed E-state index contributed by atoms with van der Waals surface area (Å²) in [5.74, 6) is 2.62. The Morgan fingerprint density at radius 2 is 0.579 bits per heavy atom. The molecule has 5 aliphatic carbocycles. The van der Waals surface area contributed by atoms with Crippen molar-refractivity contribution in [2.75, 3.05) is 14.7 Å². The molecule has 145 heavy (non-hydrogen) atoms. The molecule has 0 saturated carbocycles. The second-order valence-electron chi connectivity index (χ2n) is 39.4. The highest BCUT2D eigenvalue weighted by Gasteiger charge is 2.54. The standard InChI is InChI=1S/C48H29N3O.C48H29N3S.C38H29N3/c2*1-2-12-31-29-50-34(25-30(31)11-1)28-47(49-50)51(33-22-24-46-40(27-33)38-16-6-10-20-45(38)52-46)32-21-23-44-39(26-32)37-15-5-9-19-43(37)48(44)41-17-7-3-13-35(41)36-14-4-8-18-42(36)48;1-38(2)33-19-9-8-18-32(33)37-34(38)20-11-21-35(37)41(30-17-10-16-27(22-30)26-12-4-3-5-13-26)36-24-31-23-28-14-6-7-15-29(28)25-40(31)39-36/h2*1-29H;3-25H,1-2H3. The quantitative estimate of drug-likeness (QED) is 0.135. The molecule has 5 aliphatic rings. The summed E-state index contributed by atoms with van der Waals surface area (Å²) < 4.78 is 14.9. The van der Waals surface area contributed by atoms with Crippen LogP contribution >= 0.6 is 11.3 Å². The van der Waals surface area contributed by atoms with Crippen LogP contribution in [0.25, 0.3) is 158 Å². The van der Waals surface area contributed by atoms with Crippen LogP contribution in [0.1, 0.15) is 69.5 Å². The van der Waals surface area contributed by atoms with Gasteiger partial charge in [0.05, 0.1) is 33.1 Å². The van der Waals surface area contributed by atoms with E-state index in [-0.39, 0.29) is 16.2 Å². The van der Waals surface area contributed by atoms with Crippen LogP contribution in [0.5, 0.6) is 0 Å². The maximum atomic E-state index is 6.26. The van der Waals surface area contributed by atoms with E-state index in [1.165, 1.54) is 169 Å². The van der Waals surface area contributed by atoms with Crippen molar-refractivity contribution in [1.29, 1.82) is 0 Å². The summed E-state index contributed by atoms with van der Waals surface area (Å²) in [5, 5.41) is 27.5. The molecule has 0 radical (unpaired) electrons. The van der Waals surface area contributed by atoms with Crippen LogP contribution in [-0.4, -0.2) is 28.8 Å². The van der Waals surface area contributed by atoms with Gasteiger partial charge in [-0.1, -0.05) is 360 Å². The zero-order valence-electron chi connectivity index (χ0n) is 79.1. The van der Waals surface area contributed by atoms with Crippen LogP contribution in [0.4, 0.5) is 51.6 Å². The average Bonchev–Trinajstić information content (AvgIpc) is 1.51. The molecule has 0 fully saturated rings. The van der Waals surface area contributed by atoms with Crippen LogP contribution in [0.3, 0.4) is 0 Å². The van der Waals surface area contributed by atoms with Crippen molar-refractivity contribution in [1.82, 2.24) is 28.8 Å². The van der Waals surface area contributed by atoms with E-state index < -0.39 is 0 Å². The molecule has 11 heteroatoms. The highest BCUT2D eigenvalue weighted by Crippen LogP contribution is 2.66. The molecule has 0 bridgehead atoms. The second kappa shape index (κ2) is 31.7. The van der Waals surface area contributed by atoms with Gasteiger partial charge in [-0.2, -0.15) is 0 Å². The number of para-hydroxylation sites is 1. The predicted octanol–water partition coefficient (Wildman–Crippen LogP) is 34.8. The number of nitrogens with zero attached hydrogens (tertiary/aromatic N) is 9. The number of furan rings is 1. The summed E-state index contributed by atoms with van der Waals surface area (Å²) >= 11 is 1.85. The van der Waals surface area contributed by atoms with E-state index in [1.54, 1.807) is 0 Å². The van der Waals surface area contributed by atoms with Crippen molar-refractivity contribution in [3.05, 3.63) is 547 Å². The van der Waals surface area contributed by atoms with Gasteiger partial charge < -0.3 is 4.42 Å². The van der Waals surface area contributed by atoms with Crippen molar-refractivity contribution < 1.29 is 4.42 Å². The minimum absolute atomic E-state index is 0.0872. The van der Waals surface area contributed by atoms with Gasteiger partial charge in [0.1, 0.15) is 11.2 Å². The maximum Gasteiger partial charge on any atom is 0.160 e. The predicted molar refractivity (Wildman–Crippen MR) is 598 cm³/mol. The molecular weight excluding hydrogens is 1780 g/mol. The molecule has 0 amide bonds. The van der Waals surface area contributed by atoms with Crippen LogP contribution in [0.15, 0.2) is 496 Å². The van der Waals surface area contributed by atoms with Crippen LogP contribution in [0, 0.1) is 0 Å². The Morgan fingerprint density at radius 1 is 0.228 bits per heavy atom.